The van der Waals surface area contributed by atoms with Gasteiger partial charge in [0.25, 0.3) is 0 Å². The van der Waals surface area contributed by atoms with Crippen LogP contribution in [0.5, 0.6) is 0 Å². The first-order chi connectivity index (χ1) is 22.3. The number of ether oxygens (including phenoxy) is 3. The van der Waals surface area contributed by atoms with E-state index in [1.54, 1.807) is 20.1 Å². The molecule has 0 aromatic rings. The van der Waals surface area contributed by atoms with Gasteiger partial charge in [0, 0.05) is 56.6 Å². The highest BCUT2D eigenvalue weighted by atomic mass is 16.5. The molecule has 5 aliphatic carbocycles. The van der Waals surface area contributed by atoms with E-state index in [-0.39, 0.29) is 47.7 Å². The molecule has 10 nitrogen and oxygen atoms in total. The van der Waals surface area contributed by atoms with E-state index in [9.17, 15) is 30.3 Å². The third kappa shape index (κ3) is 4.68. The van der Waals surface area contributed by atoms with Crippen molar-refractivity contribution in [1.29, 1.82) is 0 Å². The van der Waals surface area contributed by atoms with Crippen molar-refractivity contribution in [2.45, 2.75) is 133 Å². The van der Waals surface area contributed by atoms with Gasteiger partial charge in [-0.15, -0.1) is 5.92 Å². The number of allylic oxidation sites excluding steroid dienone is 1. The van der Waals surface area contributed by atoms with E-state index in [4.69, 9.17) is 14.2 Å². The molecular weight excluding hydrogens is 602 g/mol. The van der Waals surface area contributed by atoms with Crippen LogP contribution in [-0.2, 0) is 19.0 Å². The van der Waals surface area contributed by atoms with Crippen molar-refractivity contribution in [2.75, 3.05) is 26.9 Å². The first kappa shape index (κ1) is 34.1. The van der Waals surface area contributed by atoms with Crippen LogP contribution in [0.25, 0.3) is 0 Å². The number of aliphatic hydroxyl groups is 5. The Morgan fingerprint density at radius 3 is 2.55 bits per heavy atom. The van der Waals surface area contributed by atoms with E-state index in [1.807, 2.05) is 6.92 Å². The predicted octanol–water partition coefficient (Wildman–Crippen LogP) is 1.84. The molecule has 47 heavy (non-hydrogen) atoms. The molecule has 2 aliphatic heterocycles. The third-order valence-corrected chi connectivity index (χ3v) is 14.7. The maximum Gasteiger partial charge on any atom is 0.159 e. The molecule has 6 N–H and O–H groups in total. The Labute approximate surface area is 278 Å². The monoisotopic (exact) mass is 657 g/mol. The number of aliphatic hydroxyl groups excluding tert-OH is 3. The Balaban J connectivity index is 1.25. The molecule has 7 aliphatic rings. The smallest absolute Gasteiger partial charge is 0.159 e. The Kier molecular flexibility index (Phi) is 8.59. The fourth-order valence-electron chi connectivity index (χ4n) is 11.9. The highest BCUT2D eigenvalue weighted by Gasteiger charge is 2.76. The highest BCUT2D eigenvalue weighted by Crippen LogP contribution is 2.73. The van der Waals surface area contributed by atoms with Crippen molar-refractivity contribution in [3.63, 3.8) is 0 Å². The van der Waals surface area contributed by atoms with E-state index in [1.165, 1.54) is 0 Å². The highest BCUT2D eigenvalue weighted by molar-refractivity contribution is 5.95. The SMILES string of the molecule is COCCCO[C@H]1CC[C@@]2(C)[C@@H](C1)C(=O)C=C1[C@@H]2CC[C@]2(C)[C@]3(C#CC[C@@H]4C[C@@H]5[C@@H](CO)[C@H](O[C@@H]5[C@H](O)N4)[C@@H](O)[C@@]3(C)O)CC[C@@]12O. The summed E-state index contributed by atoms with van der Waals surface area (Å²) in [5.41, 5.74) is -5.02. The molecule has 5 fully saturated rings. The average molecular weight is 658 g/mol. The van der Waals surface area contributed by atoms with Gasteiger partial charge < -0.3 is 39.7 Å². The van der Waals surface area contributed by atoms with Gasteiger partial charge in [-0.05, 0) is 93.6 Å². The molecule has 0 radical (unpaired) electrons. The second kappa shape index (κ2) is 11.9. The van der Waals surface area contributed by atoms with Crippen molar-refractivity contribution in [1.82, 2.24) is 5.32 Å². The second-order valence-corrected chi connectivity index (χ2v) is 16.6. The third-order valence-electron chi connectivity index (χ3n) is 14.7. The first-order valence-corrected chi connectivity index (χ1v) is 18.0. The minimum absolute atomic E-state index is 0.0116. The van der Waals surface area contributed by atoms with Gasteiger partial charge in [0.15, 0.2) is 5.78 Å². The zero-order valence-corrected chi connectivity index (χ0v) is 28.4. The van der Waals surface area contributed by atoms with Crippen LogP contribution in [0.4, 0.5) is 0 Å². The summed E-state index contributed by atoms with van der Waals surface area (Å²) in [6.07, 6.45) is 3.96. The van der Waals surface area contributed by atoms with Crippen LogP contribution in [-0.4, -0.2) is 106 Å². The maximum atomic E-state index is 14.0. The van der Waals surface area contributed by atoms with Gasteiger partial charge in [0.05, 0.1) is 23.2 Å². The molecule has 3 saturated carbocycles. The van der Waals surface area contributed by atoms with E-state index in [0.717, 1.165) is 31.3 Å². The molecule has 0 aromatic heterocycles. The number of fused-ring (bicyclic) bond motifs is 8. The quantitative estimate of drug-likeness (QED) is 0.184. The molecule has 0 amide bonds. The Bertz CT molecular complexity index is 1340. The van der Waals surface area contributed by atoms with Gasteiger partial charge in [0.2, 0.25) is 0 Å². The summed E-state index contributed by atoms with van der Waals surface area (Å²) in [6, 6.07) is -0.147. The van der Waals surface area contributed by atoms with Crippen LogP contribution in [0, 0.1) is 51.8 Å². The van der Waals surface area contributed by atoms with Crippen LogP contribution in [0.15, 0.2) is 11.6 Å². The number of rotatable bonds is 6. The molecule has 2 heterocycles. The molecule has 15 atom stereocenters. The van der Waals surface area contributed by atoms with E-state index < -0.39 is 52.5 Å². The summed E-state index contributed by atoms with van der Waals surface area (Å²) in [4.78, 5) is 14.0. The van der Waals surface area contributed by atoms with Crippen LogP contribution < -0.4 is 5.32 Å². The summed E-state index contributed by atoms with van der Waals surface area (Å²) in [5.74, 6) is 6.03. The molecule has 7 rings (SSSR count). The lowest BCUT2D eigenvalue weighted by atomic mass is 9.43. The largest absolute Gasteiger partial charge is 0.396 e. The second-order valence-electron chi connectivity index (χ2n) is 16.6. The predicted molar refractivity (Wildman–Crippen MR) is 172 cm³/mol. The number of methoxy groups -OCH3 is 1. The van der Waals surface area contributed by atoms with E-state index in [0.29, 0.717) is 51.7 Å². The molecule has 3 bridgehead atoms. The lowest BCUT2D eigenvalue weighted by Crippen LogP contribution is -2.68. The minimum atomic E-state index is -1.84. The number of ketones is 1. The average Bonchev–Trinajstić information content (AvgIpc) is 3.52. The molecular formula is C37H55NO9. The molecule has 262 valence electrons. The van der Waals surface area contributed by atoms with Crippen LogP contribution >= 0.6 is 0 Å². The van der Waals surface area contributed by atoms with Crippen LogP contribution in [0.2, 0.25) is 0 Å². The fraction of sp³-hybridized carbons (Fsp3) is 0.865. The standard InChI is InChI=1S/C37H55NO9/c1-33-11-8-22(46-16-6-15-45-4)18-27(33)28(40)19-26-25(33)9-12-34(2)36(13-14-37(26,34)44)10-5-7-21-17-23-24(20-39)29(31(41)35(36,3)43)47-30(23)32(42)38-21/h19,21-25,27,29-32,38-39,41-44H,6-9,11-18,20H2,1-4H3/t21-,22+,23-,24-,25+,27+,29+,30+,31-,32+,33-,34-,35-,36+,37-/m1/s1. The van der Waals surface area contributed by atoms with Gasteiger partial charge in [-0.2, -0.15) is 0 Å². The molecule has 0 aromatic carbocycles. The van der Waals surface area contributed by atoms with E-state index in [2.05, 4.69) is 24.1 Å². The lowest BCUT2D eigenvalue weighted by Gasteiger charge is -2.62. The number of piperidine rings is 1. The summed E-state index contributed by atoms with van der Waals surface area (Å²) in [7, 11) is 1.68. The zero-order chi connectivity index (χ0) is 33.6. The zero-order valence-electron chi connectivity index (χ0n) is 28.4. The van der Waals surface area contributed by atoms with Crippen molar-refractivity contribution < 1.29 is 44.5 Å². The topological polar surface area (TPSA) is 158 Å². The molecule has 0 unspecified atom stereocenters. The van der Waals surface area contributed by atoms with Gasteiger partial charge in [-0.3, -0.25) is 10.1 Å². The van der Waals surface area contributed by atoms with Gasteiger partial charge in [0.1, 0.15) is 24.0 Å². The van der Waals surface area contributed by atoms with Crippen molar-refractivity contribution >= 4 is 5.78 Å². The van der Waals surface area contributed by atoms with Crippen molar-refractivity contribution in [3.05, 3.63) is 11.6 Å². The van der Waals surface area contributed by atoms with Crippen molar-refractivity contribution in [2.24, 2.45) is 39.9 Å². The van der Waals surface area contributed by atoms with E-state index >= 15 is 0 Å². The van der Waals surface area contributed by atoms with Crippen LogP contribution in [0.1, 0.15) is 85.0 Å². The van der Waals surface area contributed by atoms with Gasteiger partial charge in [-0.1, -0.05) is 19.8 Å². The molecule has 10 heteroatoms. The number of nitrogens with one attached hydrogen (secondary N) is 1. The number of hydrogen-bond acceptors (Lipinski definition) is 10. The summed E-state index contributed by atoms with van der Waals surface area (Å²) in [5, 5.41) is 62.4. The molecule has 2 saturated heterocycles. The normalized spacial score (nSPS) is 53.4. The van der Waals surface area contributed by atoms with Gasteiger partial charge >= 0.3 is 0 Å². The Morgan fingerprint density at radius 2 is 1.81 bits per heavy atom. The van der Waals surface area contributed by atoms with Gasteiger partial charge in [-0.25, -0.2) is 0 Å². The fourth-order valence-corrected chi connectivity index (χ4v) is 11.9. The summed E-state index contributed by atoms with van der Waals surface area (Å²) < 4.78 is 17.6. The minimum Gasteiger partial charge on any atom is -0.396 e. The Morgan fingerprint density at radius 1 is 1.02 bits per heavy atom. The van der Waals surface area contributed by atoms with Crippen molar-refractivity contribution in [3.8, 4) is 11.8 Å². The number of carbonyl (C=O) groups excluding carboxylic acids is 1. The number of hydrogen-bond donors (Lipinski definition) is 6. The Hall–Kier alpha value is -1.39. The maximum absolute atomic E-state index is 14.0. The first-order valence-electron chi connectivity index (χ1n) is 18.0. The van der Waals surface area contributed by atoms with Crippen LogP contribution in [0.3, 0.4) is 0 Å². The summed E-state index contributed by atoms with van der Waals surface area (Å²) in [6.45, 7) is 6.83. The number of carbonyl (C=O) groups is 1. The molecule has 1 spiro atoms. The lowest BCUT2D eigenvalue weighted by molar-refractivity contribution is -0.224. The summed E-state index contributed by atoms with van der Waals surface area (Å²) >= 11 is 0.